The summed E-state index contributed by atoms with van der Waals surface area (Å²) in [4.78, 5) is 49.6. The van der Waals surface area contributed by atoms with Crippen molar-refractivity contribution in [3.63, 3.8) is 0 Å². The molecule has 0 fully saturated rings. The predicted molar refractivity (Wildman–Crippen MR) is 150 cm³/mol. The zero-order valence-corrected chi connectivity index (χ0v) is 21.6. The van der Waals surface area contributed by atoms with Crippen LogP contribution in [0.15, 0.2) is 102 Å². The summed E-state index contributed by atoms with van der Waals surface area (Å²) in [7, 11) is 0. The van der Waals surface area contributed by atoms with Crippen LogP contribution in [0.1, 0.15) is 47.5 Å². The number of rotatable bonds is 9. The maximum atomic E-state index is 13.3. The standard InChI is InChI=1S/C30H24N2O6S/c1-18-6-5-9-22(16-18)32-28(34)26(19-7-3-2-4-8-19)39-23-13-11-21(12-14-23)31-27(33)24-15-10-20(29(35)36)17-25(24)30(37)38/h2-17,26H,1H3,(H,31,33)(H,32,34)(H,35,36)(H,37,38). The Hall–Kier alpha value is -4.89. The monoisotopic (exact) mass is 540 g/mol. The molecular formula is C30H24N2O6S. The minimum atomic E-state index is -1.41. The fraction of sp³-hybridized carbons (Fsp3) is 0.0667. The average molecular weight is 541 g/mol. The normalized spacial score (nSPS) is 11.3. The molecule has 4 rings (SSSR count). The topological polar surface area (TPSA) is 133 Å². The number of carboxylic acids is 2. The van der Waals surface area contributed by atoms with Crippen molar-refractivity contribution in [3.05, 3.63) is 125 Å². The number of carbonyl (C=O) groups excluding carboxylic acids is 2. The van der Waals surface area contributed by atoms with Crippen LogP contribution < -0.4 is 10.6 Å². The highest BCUT2D eigenvalue weighted by molar-refractivity contribution is 8.00. The molecule has 0 saturated heterocycles. The average Bonchev–Trinajstić information content (AvgIpc) is 2.92. The van der Waals surface area contributed by atoms with E-state index in [0.29, 0.717) is 11.4 Å². The van der Waals surface area contributed by atoms with Crippen LogP contribution in [-0.2, 0) is 4.79 Å². The van der Waals surface area contributed by atoms with Crippen molar-refractivity contribution < 1.29 is 29.4 Å². The van der Waals surface area contributed by atoms with E-state index < -0.39 is 28.7 Å². The predicted octanol–water partition coefficient (Wildman–Crippen LogP) is 6.12. The number of anilines is 2. The van der Waals surface area contributed by atoms with Gasteiger partial charge < -0.3 is 20.8 Å². The highest BCUT2D eigenvalue weighted by atomic mass is 32.2. The summed E-state index contributed by atoms with van der Waals surface area (Å²) in [6, 6.07) is 27.0. The Kier molecular flexibility index (Phi) is 8.43. The summed E-state index contributed by atoms with van der Waals surface area (Å²) >= 11 is 1.35. The van der Waals surface area contributed by atoms with Gasteiger partial charge in [-0.05, 0) is 72.6 Å². The molecule has 0 radical (unpaired) electrons. The van der Waals surface area contributed by atoms with Gasteiger partial charge in [-0.25, -0.2) is 9.59 Å². The lowest BCUT2D eigenvalue weighted by molar-refractivity contribution is -0.115. The Morgan fingerprint density at radius 1 is 0.692 bits per heavy atom. The van der Waals surface area contributed by atoms with Crippen molar-refractivity contribution >= 4 is 46.9 Å². The molecule has 0 aromatic heterocycles. The van der Waals surface area contributed by atoms with Gasteiger partial charge in [-0.3, -0.25) is 9.59 Å². The maximum absolute atomic E-state index is 13.3. The van der Waals surface area contributed by atoms with Crippen molar-refractivity contribution in [1.82, 2.24) is 0 Å². The van der Waals surface area contributed by atoms with Crippen LogP contribution in [0.3, 0.4) is 0 Å². The van der Waals surface area contributed by atoms with E-state index in [1.807, 2.05) is 61.5 Å². The molecule has 4 aromatic rings. The van der Waals surface area contributed by atoms with E-state index in [1.165, 1.54) is 23.9 Å². The smallest absolute Gasteiger partial charge is 0.336 e. The molecule has 0 saturated carbocycles. The molecule has 4 aromatic carbocycles. The van der Waals surface area contributed by atoms with Crippen LogP contribution in [-0.4, -0.2) is 34.0 Å². The minimum Gasteiger partial charge on any atom is -0.478 e. The Morgan fingerprint density at radius 3 is 2.05 bits per heavy atom. The number of nitrogens with one attached hydrogen (secondary N) is 2. The summed E-state index contributed by atoms with van der Waals surface area (Å²) in [5.74, 6) is -3.57. The summed E-state index contributed by atoms with van der Waals surface area (Å²) in [5, 5.41) is 23.6. The van der Waals surface area contributed by atoms with Crippen molar-refractivity contribution in [2.75, 3.05) is 10.6 Å². The molecule has 196 valence electrons. The Morgan fingerprint density at radius 2 is 1.41 bits per heavy atom. The number of carboxylic acid groups (broad SMARTS) is 2. The van der Waals surface area contributed by atoms with E-state index in [-0.39, 0.29) is 17.0 Å². The van der Waals surface area contributed by atoms with Gasteiger partial charge in [-0.1, -0.05) is 42.5 Å². The van der Waals surface area contributed by atoms with Crippen molar-refractivity contribution in [2.24, 2.45) is 0 Å². The van der Waals surface area contributed by atoms with E-state index in [9.17, 15) is 24.3 Å². The van der Waals surface area contributed by atoms with Crippen molar-refractivity contribution in [3.8, 4) is 0 Å². The van der Waals surface area contributed by atoms with E-state index in [4.69, 9.17) is 5.11 Å². The molecule has 39 heavy (non-hydrogen) atoms. The number of benzene rings is 4. The number of amides is 2. The van der Waals surface area contributed by atoms with E-state index in [0.717, 1.165) is 22.1 Å². The van der Waals surface area contributed by atoms with Crippen LogP contribution in [0.25, 0.3) is 0 Å². The lowest BCUT2D eigenvalue weighted by Crippen LogP contribution is -2.19. The third-order valence-corrected chi connectivity index (χ3v) is 7.00. The van der Waals surface area contributed by atoms with E-state index >= 15 is 0 Å². The third kappa shape index (κ3) is 6.91. The SMILES string of the molecule is Cc1cccc(NC(=O)C(Sc2ccc(NC(=O)c3ccc(C(=O)O)cc3C(=O)O)cc2)c2ccccc2)c1. The molecule has 0 bridgehead atoms. The second kappa shape index (κ2) is 12.1. The number of hydrogen-bond acceptors (Lipinski definition) is 5. The zero-order valence-electron chi connectivity index (χ0n) is 20.8. The third-order valence-electron chi connectivity index (χ3n) is 5.73. The molecule has 1 unspecified atom stereocenters. The largest absolute Gasteiger partial charge is 0.478 e. The lowest BCUT2D eigenvalue weighted by Gasteiger charge is -2.18. The Balaban J connectivity index is 1.51. The molecule has 9 heteroatoms. The quantitative estimate of drug-likeness (QED) is 0.188. The van der Waals surface area contributed by atoms with Crippen LogP contribution in [0.5, 0.6) is 0 Å². The van der Waals surface area contributed by atoms with Crippen LogP contribution in [0, 0.1) is 6.92 Å². The molecule has 8 nitrogen and oxygen atoms in total. The van der Waals surface area contributed by atoms with E-state index in [1.54, 1.807) is 24.3 Å². The molecule has 0 heterocycles. The van der Waals surface area contributed by atoms with Gasteiger partial charge in [0.1, 0.15) is 5.25 Å². The number of thioether (sulfide) groups is 1. The summed E-state index contributed by atoms with van der Waals surface area (Å²) in [6.45, 7) is 1.95. The first-order valence-electron chi connectivity index (χ1n) is 11.8. The van der Waals surface area contributed by atoms with Gasteiger partial charge in [0.05, 0.1) is 16.7 Å². The summed E-state index contributed by atoms with van der Waals surface area (Å²) in [5.41, 5.74) is 2.16. The molecule has 1 atom stereocenters. The van der Waals surface area contributed by atoms with Crippen molar-refractivity contribution in [1.29, 1.82) is 0 Å². The van der Waals surface area contributed by atoms with Gasteiger partial charge in [0.25, 0.3) is 5.91 Å². The molecule has 4 N–H and O–H groups in total. The minimum absolute atomic E-state index is 0.164. The highest BCUT2D eigenvalue weighted by Gasteiger charge is 2.23. The first kappa shape index (κ1) is 27.2. The van der Waals surface area contributed by atoms with Gasteiger partial charge in [0, 0.05) is 16.3 Å². The Bertz CT molecular complexity index is 1540. The second-order valence-electron chi connectivity index (χ2n) is 8.62. The summed E-state index contributed by atoms with van der Waals surface area (Å²) < 4.78 is 0. The molecule has 2 amide bonds. The lowest BCUT2D eigenvalue weighted by atomic mass is 10.0. The fourth-order valence-electron chi connectivity index (χ4n) is 3.83. The summed E-state index contributed by atoms with van der Waals surface area (Å²) in [6.07, 6.45) is 0. The fourth-order valence-corrected chi connectivity index (χ4v) is 4.86. The van der Waals surface area contributed by atoms with Gasteiger partial charge in [0.2, 0.25) is 5.91 Å². The first-order chi connectivity index (χ1) is 18.7. The van der Waals surface area contributed by atoms with Gasteiger partial charge in [-0.15, -0.1) is 11.8 Å². The molecule has 0 aliphatic carbocycles. The van der Waals surface area contributed by atoms with Gasteiger partial charge in [0.15, 0.2) is 0 Å². The van der Waals surface area contributed by atoms with Crippen LogP contribution in [0.2, 0.25) is 0 Å². The molecule has 0 aliphatic heterocycles. The van der Waals surface area contributed by atoms with Crippen molar-refractivity contribution in [2.45, 2.75) is 17.1 Å². The van der Waals surface area contributed by atoms with Gasteiger partial charge in [-0.2, -0.15) is 0 Å². The number of hydrogen-bond donors (Lipinski definition) is 4. The molecule has 0 aliphatic rings. The number of aromatic carboxylic acids is 2. The highest BCUT2D eigenvalue weighted by Crippen LogP contribution is 2.37. The zero-order chi connectivity index (χ0) is 27.9. The Labute approximate surface area is 228 Å². The van der Waals surface area contributed by atoms with Crippen LogP contribution in [0.4, 0.5) is 11.4 Å². The second-order valence-corrected chi connectivity index (χ2v) is 9.79. The van der Waals surface area contributed by atoms with Crippen LogP contribution >= 0.6 is 11.8 Å². The maximum Gasteiger partial charge on any atom is 0.336 e. The van der Waals surface area contributed by atoms with Gasteiger partial charge >= 0.3 is 11.9 Å². The van der Waals surface area contributed by atoms with E-state index in [2.05, 4.69) is 10.6 Å². The first-order valence-corrected chi connectivity index (χ1v) is 12.7. The molecular weight excluding hydrogens is 516 g/mol. The molecule has 0 spiro atoms. The number of carbonyl (C=O) groups is 4. The number of aryl methyl sites for hydroxylation is 1.